The van der Waals surface area contributed by atoms with E-state index in [9.17, 15) is 0 Å². The number of aryl methyl sites for hydroxylation is 1. The molecule has 2 heterocycles. The van der Waals surface area contributed by atoms with Crippen LogP contribution in [0.4, 0.5) is 0 Å². The van der Waals surface area contributed by atoms with E-state index in [1.165, 1.54) is 62.3 Å². The lowest BCUT2D eigenvalue weighted by molar-refractivity contribution is 0.282. The third kappa shape index (κ3) is 10.4. The Kier molecular flexibility index (Phi) is 11.4. The first-order chi connectivity index (χ1) is 14.3. The Morgan fingerprint density at radius 2 is 1.37 bits per heavy atom. The standard InChI is InChI=1S/C13H19NS.C13H21NS/c1-11-3-5-12(6-4-11)15-13-7-9-14(2)10-8-13;1-11(2)5-6-12(3)15-13-7-9-14(4)10-8-13/h3-6,13H,7-10H2,1-2H3;5-6,13H,1,3,7-10H2,2,4H3/b;6-5-. The van der Waals surface area contributed by atoms with Gasteiger partial charge in [-0.25, -0.2) is 0 Å². The maximum atomic E-state index is 4.06. The lowest BCUT2D eigenvalue weighted by Gasteiger charge is -2.28. The second-order valence-electron chi connectivity index (χ2n) is 8.70. The monoisotopic (exact) mass is 444 g/mol. The van der Waals surface area contributed by atoms with Crippen molar-refractivity contribution in [1.82, 2.24) is 9.80 Å². The highest BCUT2D eigenvalue weighted by Crippen LogP contribution is 2.30. The predicted octanol–water partition coefficient (Wildman–Crippen LogP) is 6.64. The molecule has 3 rings (SSSR count). The summed E-state index contributed by atoms with van der Waals surface area (Å²) in [6.45, 7) is 17.0. The summed E-state index contributed by atoms with van der Waals surface area (Å²) in [6, 6.07) is 8.91. The van der Waals surface area contributed by atoms with E-state index in [2.05, 4.69) is 74.3 Å². The summed E-state index contributed by atoms with van der Waals surface area (Å²) in [5.74, 6) is 0. The van der Waals surface area contributed by atoms with E-state index in [4.69, 9.17) is 0 Å². The van der Waals surface area contributed by atoms with Gasteiger partial charge in [-0.2, -0.15) is 0 Å². The normalized spacial score (nSPS) is 19.5. The predicted molar refractivity (Wildman–Crippen MR) is 139 cm³/mol. The first-order valence-electron chi connectivity index (χ1n) is 11.1. The molecule has 0 unspecified atom stereocenters. The number of piperidine rings is 2. The quantitative estimate of drug-likeness (QED) is 0.453. The largest absolute Gasteiger partial charge is 0.306 e. The van der Waals surface area contributed by atoms with Crippen LogP contribution in [-0.2, 0) is 0 Å². The Hall–Kier alpha value is -0.940. The number of allylic oxidation sites excluding steroid dienone is 3. The average Bonchev–Trinajstić information content (AvgIpc) is 2.72. The first-order valence-corrected chi connectivity index (χ1v) is 12.9. The van der Waals surface area contributed by atoms with E-state index in [0.29, 0.717) is 0 Å². The highest BCUT2D eigenvalue weighted by atomic mass is 32.2. The van der Waals surface area contributed by atoms with Gasteiger partial charge in [0.1, 0.15) is 0 Å². The SMILES string of the molecule is C=C(C)/C=C\C(=C)SC1CCN(C)CC1.Cc1ccc(SC2CCN(C)CC2)cc1. The molecule has 0 amide bonds. The Labute approximate surface area is 193 Å². The van der Waals surface area contributed by atoms with E-state index in [0.717, 1.165) is 21.0 Å². The topological polar surface area (TPSA) is 6.48 Å². The lowest BCUT2D eigenvalue weighted by Crippen LogP contribution is -2.31. The Balaban J connectivity index is 0.000000214. The molecular weight excluding hydrogens is 404 g/mol. The van der Waals surface area contributed by atoms with Crippen LogP contribution in [0.25, 0.3) is 0 Å². The molecule has 0 N–H and O–H groups in total. The van der Waals surface area contributed by atoms with E-state index >= 15 is 0 Å². The van der Waals surface area contributed by atoms with Gasteiger partial charge < -0.3 is 9.80 Å². The molecule has 0 radical (unpaired) electrons. The zero-order valence-corrected chi connectivity index (χ0v) is 21.0. The van der Waals surface area contributed by atoms with Crippen molar-refractivity contribution >= 4 is 23.5 Å². The van der Waals surface area contributed by atoms with Crippen LogP contribution in [0.1, 0.15) is 38.2 Å². The number of rotatable bonds is 6. The minimum Gasteiger partial charge on any atom is -0.306 e. The van der Waals surface area contributed by atoms with Crippen molar-refractivity contribution in [3.05, 3.63) is 65.6 Å². The third-order valence-corrected chi connectivity index (χ3v) is 8.12. The second-order valence-corrected chi connectivity index (χ2v) is 11.5. The zero-order valence-electron chi connectivity index (χ0n) is 19.4. The summed E-state index contributed by atoms with van der Waals surface area (Å²) in [4.78, 5) is 7.40. The number of likely N-dealkylation sites (tertiary alicyclic amines) is 2. The molecule has 0 aliphatic carbocycles. The minimum atomic E-state index is 0.753. The number of nitrogens with zero attached hydrogens (tertiary/aromatic N) is 2. The van der Waals surface area contributed by atoms with Crippen LogP contribution in [0.15, 0.2) is 64.9 Å². The van der Waals surface area contributed by atoms with Gasteiger partial charge in [-0.15, -0.1) is 23.5 Å². The van der Waals surface area contributed by atoms with Crippen LogP contribution < -0.4 is 0 Å². The van der Waals surface area contributed by atoms with E-state index in [-0.39, 0.29) is 0 Å². The molecule has 0 bridgehead atoms. The fourth-order valence-electron chi connectivity index (χ4n) is 3.50. The van der Waals surface area contributed by atoms with Crippen LogP contribution >= 0.6 is 23.5 Å². The lowest BCUT2D eigenvalue weighted by atomic mass is 10.1. The second kappa shape index (κ2) is 13.5. The van der Waals surface area contributed by atoms with Crippen molar-refractivity contribution < 1.29 is 0 Å². The zero-order chi connectivity index (χ0) is 21.9. The van der Waals surface area contributed by atoms with Gasteiger partial charge in [-0.1, -0.05) is 42.5 Å². The summed E-state index contributed by atoms with van der Waals surface area (Å²) in [7, 11) is 4.41. The molecule has 166 valence electrons. The van der Waals surface area contributed by atoms with E-state index < -0.39 is 0 Å². The van der Waals surface area contributed by atoms with Gasteiger partial charge in [0.15, 0.2) is 0 Å². The van der Waals surface area contributed by atoms with Crippen LogP contribution in [0.5, 0.6) is 0 Å². The Bertz CT molecular complexity index is 679. The molecule has 2 aliphatic heterocycles. The number of thioether (sulfide) groups is 2. The fraction of sp³-hybridized carbons (Fsp3) is 0.538. The Morgan fingerprint density at radius 1 is 0.867 bits per heavy atom. The molecule has 2 fully saturated rings. The molecule has 0 atom stereocenters. The highest BCUT2D eigenvalue weighted by Gasteiger charge is 2.18. The molecule has 4 heteroatoms. The minimum absolute atomic E-state index is 0.753. The summed E-state index contributed by atoms with van der Waals surface area (Å²) in [6.07, 6.45) is 9.32. The van der Waals surface area contributed by atoms with Crippen molar-refractivity contribution in [2.24, 2.45) is 0 Å². The number of hydrogen-bond acceptors (Lipinski definition) is 4. The van der Waals surface area contributed by atoms with Crippen LogP contribution in [0.3, 0.4) is 0 Å². The summed E-state index contributed by atoms with van der Waals surface area (Å²) < 4.78 is 0. The van der Waals surface area contributed by atoms with Gasteiger partial charge in [0.25, 0.3) is 0 Å². The molecule has 30 heavy (non-hydrogen) atoms. The van der Waals surface area contributed by atoms with Crippen LogP contribution in [-0.4, -0.2) is 60.6 Å². The fourth-order valence-corrected chi connectivity index (χ4v) is 5.65. The highest BCUT2D eigenvalue weighted by molar-refractivity contribution is 8.03. The molecule has 0 aromatic heterocycles. The summed E-state index contributed by atoms with van der Waals surface area (Å²) >= 11 is 3.96. The van der Waals surface area contributed by atoms with Gasteiger partial charge >= 0.3 is 0 Å². The van der Waals surface area contributed by atoms with Gasteiger partial charge in [0.2, 0.25) is 0 Å². The van der Waals surface area contributed by atoms with Gasteiger partial charge in [-0.3, -0.25) is 0 Å². The van der Waals surface area contributed by atoms with Gasteiger partial charge in [0.05, 0.1) is 0 Å². The molecular formula is C26H40N2S2. The van der Waals surface area contributed by atoms with E-state index in [1.54, 1.807) is 0 Å². The molecule has 1 aromatic carbocycles. The number of hydrogen-bond donors (Lipinski definition) is 0. The first kappa shape index (κ1) is 25.3. The van der Waals surface area contributed by atoms with Crippen molar-refractivity contribution in [3.8, 4) is 0 Å². The van der Waals surface area contributed by atoms with Crippen molar-refractivity contribution in [1.29, 1.82) is 0 Å². The molecule has 0 spiro atoms. The average molecular weight is 445 g/mol. The smallest absolute Gasteiger partial charge is 0.0119 e. The van der Waals surface area contributed by atoms with Crippen molar-refractivity contribution in [2.45, 2.75) is 54.9 Å². The van der Waals surface area contributed by atoms with E-state index in [1.807, 2.05) is 36.5 Å². The van der Waals surface area contributed by atoms with Crippen molar-refractivity contribution in [3.63, 3.8) is 0 Å². The summed E-state index contributed by atoms with van der Waals surface area (Å²) in [5, 5.41) is 1.58. The molecule has 0 saturated carbocycles. The summed E-state index contributed by atoms with van der Waals surface area (Å²) in [5.41, 5.74) is 2.43. The third-order valence-electron chi connectivity index (χ3n) is 5.53. The molecule has 2 aliphatic rings. The molecule has 1 aromatic rings. The number of benzene rings is 1. The van der Waals surface area contributed by atoms with Gasteiger partial charge in [0, 0.05) is 20.3 Å². The van der Waals surface area contributed by atoms with Gasteiger partial charge in [-0.05, 0) is 98.0 Å². The maximum absolute atomic E-state index is 4.06. The molecule has 2 nitrogen and oxygen atoms in total. The Morgan fingerprint density at radius 3 is 1.87 bits per heavy atom. The van der Waals surface area contributed by atoms with Crippen molar-refractivity contribution in [2.75, 3.05) is 40.3 Å². The maximum Gasteiger partial charge on any atom is 0.0119 e. The van der Waals surface area contributed by atoms with Crippen LogP contribution in [0, 0.1) is 6.92 Å². The van der Waals surface area contributed by atoms with Crippen LogP contribution in [0.2, 0.25) is 0 Å². The molecule has 2 saturated heterocycles.